The summed E-state index contributed by atoms with van der Waals surface area (Å²) >= 11 is 0. The van der Waals surface area contributed by atoms with E-state index in [9.17, 15) is 5.26 Å². The number of fused-ring (bicyclic) bond motifs is 2. The minimum absolute atomic E-state index is 0.413. The highest BCUT2D eigenvalue weighted by molar-refractivity contribution is 6.69. The first-order chi connectivity index (χ1) is 7.92. The zero-order valence-corrected chi connectivity index (χ0v) is 12.2. The molecule has 2 nitrogen and oxygen atoms in total. The molecule has 3 aliphatic carbocycles. The quantitative estimate of drug-likeness (QED) is 0.555. The van der Waals surface area contributed by atoms with Gasteiger partial charge in [-0.05, 0) is 69.5 Å². The van der Waals surface area contributed by atoms with Crippen molar-refractivity contribution in [2.45, 2.75) is 57.3 Å². The second-order valence-corrected chi connectivity index (χ2v) is 11.9. The maximum Gasteiger partial charge on any atom is 0.185 e. The van der Waals surface area contributed by atoms with E-state index in [1.54, 1.807) is 0 Å². The molecule has 0 unspecified atom stereocenters. The highest BCUT2D eigenvalue weighted by atomic mass is 28.4. The van der Waals surface area contributed by atoms with E-state index in [4.69, 9.17) is 4.43 Å². The third kappa shape index (κ3) is 1.86. The predicted molar refractivity (Wildman–Crippen MR) is 69.8 cm³/mol. The van der Waals surface area contributed by atoms with Crippen molar-refractivity contribution in [3.8, 4) is 6.07 Å². The van der Waals surface area contributed by atoms with Gasteiger partial charge < -0.3 is 4.43 Å². The molecule has 5 atom stereocenters. The lowest BCUT2D eigenvalue weighted by molar-refractivity contribution is -0.0225. The van der Waals surface area contributed by atoms with Gasteiger partial charge in [0, 0.05) is 5.92 Å². The van der Waals surface area contributed by atoms with Crippen molar-refractivity contribution in [2.24, 2.45) is 23.7 Å². The van der Waals surface area contributed by atoms with Crippen molar-refractivity contribution in [2.75, 3.05) is 0 Å². The number of rotatable bonds is 2. The van der Waals surface area contributed by atoms with Crippen molar-refractivity contribution in [3.63, 3.8) is 0 Å². The summed E-state index contributed by atoms with van der Waals surface area (Å²) in [5, 5.41) is 9.74. The van der Waals surface area contributed by atoms with E-state index in [-0.39, 0.29) is 0 Å². The fraction of sp³-hybridized carbons (Fsp3) is 0.929. The van der Waals surface area contributed by atoms with Crippen LogP contribution in [0.5, 0.6) is 0 Å². The molecule has 3 rings (SSSR count). The molecule has 3 fully saturated rings. The molecule has 0 aromatic rings. The largest absolute Gasteiger partial charge is 0.400 e. The van der Waals surface area contributed by atoms with Crippen LogP contribution in [0.1, 0.15) is 32.1 Å². The molecule has 0 saturated heterocycles. The Hall–Kier alpha value is -0.333. The minimum atomic E-state index is -1.63. The average molecular weight is 251 g/mol. The molecule has 0 aliphatic heterocycles. The normalized spacial score (nSPS) is 48.1. The highest BCUT2D eigenvalue weighted by Crippen LogP contribution is 2.60. The van der Waals surface area contributed by atoms with Crippen LogP contribution in [0.3, 0.4) is 0 Å². The van der Waals surface area contributed by atoms with E-state index in [2.05, 4.69) is 25.7 Å². The summed E-state index contributed by atoms with van der Waals surface area (Å²) in [5.41, 5.74) is -0.413. The third-order valence-corrected chi connectivity index (χ3v) is 5.94. The minimum Gasteiger partial charge on any atom is -0.400 e. The fourth-order valence-corrected chi connectivity index (χ4v) is 6.20. The lowest BCUT2D eigenvalue weighted by Gasteiger charge is -2.47. The average Bonchev–Trinajstić information content (AvgIpc) is 2.45. The van der Waals surface area contributed by atoms with Gasteiger partial charge in [-0.25, -0.2) is 0 Å². The molecular weight excluding hydrogens is 228 g/mol. The lowest BCUT2D eigenvalue weighted by atomic mass is 9.66. The van der Waals surface area contributed by atoms with Crippen LogP contribution in [0.25, 0.3) is 0 Å². The monoisotopic (exact) mass is 251 g/mol. The van der Waals surface area contributed by atoms with Crippen molar-refractivity contribution in [1.29, 1.82) is 5.26 Å². The summed E-state index contributed by atoms with van der Waals surface area (Å²) in [7, 11) is -1.63. The van der Waals surface area contributed by atoms with Gasteiger partial charge in [-0.3, -0.25) is 0 Å². The van der Waals surface area contributed by atoms with Crippen LogP contribution in [-0.2, 0) is 4.43 Å². The zero-order valence-electron chi connectivity index (χ0n) is 11.2. The fourth-order valence-electron chi connectivity index (χ4n) is 4.82. The predicted octanol–water partition coefficient (Wildman–Crippen LogP) is 3.56. The molecule has 17 heavy (non-hydrogen) atoms. The Bertz CT molecular complexity index is 367. The molecule has 0 N–H and O–H groups in total. The van der Waals surface area contributed by atoms with Gasteiger partial charge in [-0.1, -0.05) is 0 Å². The highest BCUT2D eigenvalue weighted by Gasteiger charge is 2.58. The molecule has 0 aromatic heterocycles. The van der Waals surface area contributed by atoms with Gasteiger partial charge in [0.05, 0.1) is 6.07 Å². The second kappa shape index (κ2) is 3.58. The summed E-state index contributed by atoms with van der Waals surface area (Å²) < 4.78 is 6.40. The molecule has 0 amide bonds. The third-order valence-electron chi connectivity index (χ3n) is 4.96. The second-order valence-electron chi connectivity index (χ2n) is 7.46. The Morgan fingerprint density at radius 1 is 1.12 bits per heavy atom. The van der Waals surface area contributed by atoms with Gasteiger partial charge in [-0.2, -0.15) is 5.26 Å². The topological polar surface area (TPSA) is 33.0 Å². The number of nitrogens with zero attached hydrogens (tertiary/aromatic N) is 1. The maximum absolute atomic E-state index is 9.74. The molecular formula is C14H23NOSi. The smallest absolute Gasteiger partial charge is 0.185 e. The summed E-state index contributed by atoms with van der Waals surface area (Å²) in [4.78, 5) is 0. The Labute approximate surface area is 105 Å². The molecule has 0 spiro atoms. The van der Waals surface area contributed by atoms with Gasteiger partial charge >= 0.3 is 0 Å². The molecule has 0 radical (unpaired) electrons. The number of nitriles is 1. The van der Waals surface area contributed by atoms with Crippen molar-refractivity contribution in [1.82, 2.24) is 0 Å². The van der Waals surface area contributed by atoms with Crippen LogP contribution in [0, 0.1) is 35.0 Å². The van der Waals surface area contributed by atoms with Gasteiger partial charge in [-0.15, -0.1) is 0 Å². The Morgan fingerprint density at radius 3 is 2.47 bits per heavy atom. The van der Waals surface area contributed by atoms with Gasteiger partial charge in [0.2, 0.25) is 0 Å². The molecule has 3 heteroatoms. The first-order valence-electron chi connectivity index (χ1n) is 7.03. The van der Waals surface area contributed by atoms with E-state index < -0.39 is 13.9 Å². The van der Waals surface area contributed by atoms with E-state index in [1.807, 2.05) is 0 Å². The number of hydrogen-bond acceptors (Lipinski definition) is 2. The van der Waals surface area contributed by atoms with Crippen LogP contribution in [-0.4, -0.2) is 13.9 Å². The number of hydrogen-bond donors (Lipinski definition) is 0. The first-order valence-corrected chi connectivity index (χ1v) is 10.4. The first kappa shape index (κ1) is 11.7. The molecule has 0 aromatic carbocycles. The zero-order chi connectivity index (χ0) is 12.3. The van der Waals surface area contributed by atoms with E-state index in [1.165, 1.54) is 25.7 Å². The summed E-state index contributed by atoms with van der Waals surface area (Å²) in [6.07, 6.45) is 6.40. The van der Waals surface area contributed by atoms with E-state index in [0.717, 1.165) is 24.2 Å². The standard InChI is InChI=1S/C14H23NOSi/c1-17(2,3)16-14(9-15)8-11-4-10-5-12(6-11)13(14)7-10/h10-13H,4-8H2,1-3H3/t10-,11+,12-,13+,14-/m1/s1/i16+2. The maximum atomic E-state index is 9.74. The summed E-state index contributed by atoms with van der Waals surface area (Å²) in [6, 6.07) is 2.61. The van der Waals surface area contributed by atoms with Crippen LogP contribution in [0.4, 0.5) is 0 Å². The summed E-state index contributed by atoms with van der Waals surface area (Å²) in [6.45, 7) is 6.65. The van der Waals surface area contributed by atoms with E-state index >= 15 is 0 Å². The van der Waals surface area contributed by atoms with Crippen molar-refractivity contribution < 1.29 is 4.43 Å². The summed E-state index contributed by atoms with van der Waals surface area (Å²) in [5.74, 6) is 3.02. The van der Waals surface area contributed by atoms with Crippen molar-refractivity contribution in [3.05, 3.63) is 0 Å². The molecule has 3 bridgehead atoms. The Balaban J connectivity index is 1.93. The lowest BCUT2D eigenvalue weighted by Crippen LogP contribution is -2.52. The Morgan fingerprint density at radius 2 is 1.82 bits per heavy atom. The van der Waals surface area contributed by atoms with E-state index in [0.29, 0.717) is 5.92 Å². The van der Waals surface area contributed by atoms with Crippen LogP contribution in [0.15, 0.2) is 0 Å². The van der Waals surface area contributed by atoms with Crippen LogP contribution < -0.4 is 0 Å². The SMILES string of the molecule is C[Si](C)(C)[18O][C@@]1(C#N)C[C@H]2C[C@@H]3C[C@H](C2)[C@@H]1C3. The molecule has 94 valence electrons. The molecule has 3 saturated carbocycles. The van der Waals surface area contributed by atoms with Gasteiger partial charge in [0.15, 0.2) is 8.32 Å². The van der Waals surface area contributed by atoms with Gasteiger partial charge in [0.25, 0.3) is 0 Å². The van der Waals surface area contributed by atoms with Crippen LogP contribution in [0.2, 0.25) is 19.6 Å². The van der Waals surface area contributed by atoms with Crippen molar-refractivity contribution >= 4 is 8.32 Å². The Kier molecular flexibility index (Phi) is 2.47. The van der Waals surface area contributed by atoms with Gasteiger partial charge in [0.1, 0.15) is 5.60 Å². The molecule has 0 heterocycles. The van der Waals surface area contributed by atoms with Crippen LogP contribution >= 0.6 is 0 Å². The molecule has 3 aliphatic rings.